The van der Waals surface area contributed by atoms with Gasteiger partial charge in [-0.1, -0.05) is 0 Å². The van der Waals surface area contributed by atoms with Gasteiger partial charge in [0, 0.05) is 18.9 Å². The summed E-state index contributed by atoms with van der Waals surface area (Å²) >= 11 is 0. The van der Waals surface area contributed by atoms with Crippen molar-refractivity contribution in [3.05, 3.63) is 29.6 Å². The van der Waals surface area contributed by atoms with Crippen molar-refractivity contribution in [3.8, 4) is 0 Å². The monoisotopic (exact) mass is 236 g/mol. The summed E-state index contributed by atoms with van der Waals surface area (Å²) in [7, 11) is 0. The normalized spacial score (nSPS) is 11.3. The second-order valence-corrected chi connectivity index (χ2v) is 4.98. The van der Waals surface area contributed by atoms with Gasteiger partial charge in [-0.15, -0.1) is 0 Å². The van der Waals surface area contributed by atoms with Gasteiger partial charge in [-0.3, -0.25) is 9.78 Å². The van der Waals surface area contributed by atoms with Crippen LogP contribution >= 0.6 is 0 Å². The van der Waals surface area contributed by atoms with E-state index in [-0.39, 0.29) is 18.1 Å². The fourth-order valence-corrected chi connectivity index (χ4v) is 1.21. The first-order valence-electron chi connectivity index (χ1n) is 5.68. The molecule has 0 fully saturated rings. The zero-order valence-electron chi connectivity index (χ0n) is 10.9. The maximum atomic E-state index is 11.5. The Kier molecular flexibility index (Phi) is 4.63. The predicted molar refractivity (Wildman–Crippen MR) is 66.5 cm³/mol. The van der Waals surface area contributed by atoms with Crippen LogP contribution in [0.3, 0.4) is 0 Å². The van der Waals surface area contributed by atoms with E-state index >= 15 is 0 Å². The van der Waals surface area contributed by atoms with Crippen LogP contribution in [0.25, 0.3) is 0 Å². The molecule has 1 aromatic heterocycles. The molecule has 94 valence electrons. The van der Waals surface area contributed by atoms with E-state index in [4.69, 9.17) is 4.74 Å². The third kappa shape index (κ3) is 5.45. The number of nitrogens with one attached hydrogen (secondary N) is 1. The molecule has 0 aromatic carbocycles. The predicted octanol–water partition coefficient (Wildman–Crippen LogP) is 1.82. The maximum absolute atomic E-state index is 11.5. The van der Waals surface area contributed by atoms with Crippen LogP contribution in [-0.2, 0) is 16.1 Å². The third-order valence-electron chi connectivity index (χ3n) is 2.26. The minimum atomic E-state index is -0.290. The van der Waals surface area contributed by atoms with E-state index in [1.807, 2.05) is 33.8 Å². The zero-order valence-corrected chi connectivity index (χ0v) is 10.9. The number of amides is 1. The number of ether oxygens (including phenoxy) is 1. The lowest BCUT2D eigenvalue weighted by atomic mass is 10.1. The lowest BCUT2D eigenvalue weighted by Crippen LogP contribution is -2.31. The highest BCUT2D eigenvalue weighted by Gasteiger charge is 2.12. The van der Waals surface area contributed by atoms with E-state index in [0.717, 1.165) is 11.1 Å². The van der Waals surface area contributed by atoms with Gasteiger partial charge in [0.15, 0.2) is 0 Å². The molecule has 0 aliphatic rings. The summed E-state index contributed by atoms with van der Waals surface area (Å²) < 4.78 is 5.38. The first-order valence-corrected chi connectivity index (χ1v) is 5.68. The Morgan fingerprint density at radius 1 is 1.47 bits per heavy atom. The molecule has 0 saturated carbocycles. The summed E-state index contributed by atoms with van der Waals surface area (Å²) in [6.45, 7) is 8.34. The lowest BCUT2D eigenvalue weighted by Gasteiger charge is -2.19. The van der Waals surface area contributed by atoms with Crippen LogP contribution < -0.4 is 5.32 Å². The standard InChI is InChI=1S/C13H20N2O2/c1-10-5-6-14-7-11(10)8-15-12(16)9-17-13(2,3)4/h5-7H,8-9H2,1-4H3,(H,15,16). The number of rotatable bonds is 4. The molecule has 0 aliphatic carbocycles. The Hall–Kier alpha value is -1.42. The molecule has 0 aliphatic heterocycles. The minimum absolute atomic E-state index is 0.0861. The SMILES string of the molecule is Cc1ccncc1CNC(=O)COC(C)(C)C. The Morgan fingerprint density at radius 2 is 2.18 bits per heavy atom. The molecule has 1 amide bonds. The van der Waals surface area contributed by atoms with Crippen LogP contribution in [-0.4, -0.2) is 23.1 Å². The Bertz CT molecular complexity index is 383. The van der Waals surface area contributed by atoms with E-state index in [2.05, 4.69) is 10.3 Å². The number of hydrogen-bond acceptors (Lipinski definition) is 3. The average Bonchev–Trinajstić information content (AvgIpc) is 2.24. The number of pyridine rings is 1. The summed E-state index contributed by atoms with van der Waals surface area (Å²) in [6.07, 6.45) is 3.50. The van der Waals surface area contributed by atoms with Crippen molar-refractivity contribution in [1.82, 2.24) is 10.3 Å². The van der Waals surface area contributed by atoms with Crippen molar-refractivity contribution in [3.63, 3.8) is 0 Å². The van der Waals surface area contributed by atoms with Crippen LogP contribution in [0.2, 0.25) is 0 Å². The van der Waals surface area contributed by atoms with Gasteiger partial charge in [-0.2, -0.15) is 0 Å². The maximum Gasteiger partial charge on any atom is 0.246 e. The van der Waals surface area contributed by atoms with Crippen molar-refractivity contribution in [1.29, 1.82) is 0 Å². The molecule has 1 aromatic rings. The smallest absolute Gasteiger partial charge is 0.246 e. The van der Waals surface area contributed by atoms with Crippen LogP contribution in [0, 0.1) is 6.92 Å². The van der Waals surface area contributed by atoms with Crippen molar-refractivity contribution in [2.45, 2.75) is 39.8 Å². The number of aromatic nitrogens is 1. The van der Waals surface area contributed by atoms with Crippen LogP contribution in [0.15, 0.2) is 18.5 Å². The van der Waals surface area contributed by atoms with Crippen LogP contribution in [0.4, 0.5) is 0 Å². The van der Waals surface area contributed by atoms with Gasteiger partial charge >= 0.3 is 0 Å². The van der Waals surface area contributed by atoms with Crippen LogP contribution in [0.1, 0.15) is 31.9 Å². The molecule has 1 heterocycles. The highest BCUT2D eigenvalue weighted by molar-refractivity contribution is 5.77. The van der Waals surface area contributed by atoms with Crippen molar-refractivity contribution in [2.24, 2.45) is 0 Å². The first kappa shape index (κ1) is 13.6. The van der Waals surface area contributed by atoms with Gasteiger partial charge < -0.3 is 10.1 Å². The molecule has 0 saturated heterocycles. The summed E-state index contributed by atoms with van der Waals surface area (Å²) in [6, 6.07) is 1.92. The largest absolute Gasteiger partial charge is 0.366 e. The summed E-state index contributed by atoms with van der Waals surface area (Å²) in [4.78, 5) is 15.5. The molecule has 17 heavy (non-hydrogen) atoms. The first-order chi connectivity index (χ1) is 7.88. The van der Waals surface area contributed by atoms with Gasteiger partial charge in [-0.25, -0.2) is 0 Å². The second-order valence-electron chi connectivity index (χ2n) is 4.98. The Labute approximate surface area is 102 Å². The molecule has 1 rings (SSSR count). The molecular formula is C13H20N2O2. The fourth-order valence-electron chi connectivity index (χ4n) is 1.21. The number of hydrogen-bond donors (Lipinski definition) is 1. The molecule has 4 nitrogen and oxygen atoms in total. The highest BCUT2D eigenvalue weighted by atomic mass is 16.5. The molecule has 0 radical (unpaired) electrons. The molecule has 4 heteroatoms. The molecule has 0 unspecified atom stereocenters. The van der Waals surface area contributed by atoms with Gasteiger partial charge in [0.1, 0.15) is 6.61 Å². The molecule has 1 N–H and O–H groups in total. The van der Waals surface area contributed by atoms with Crippen molar-refractivity contribution >= 4 is 5.91 Å². The van der Waals surface area contributed by atoms with Gasteiger partial charge in [0.05, 0.1) is 5.60 Å². The zero-order chi connectivity index (χ0) is 12.9. The Balaban J connectivity index is 2.36. The quantitative estimate of drug-likeness (QED) is 0.867. The van der Waals surface area contributed by atoms with E-state index in [0.29, 0.717) is 6.54 Å². The summed E-state index contributed by atoms with van der Waals surface area (Å²) in [5.41, 5.74) is 1.86. The van der Waals surface area contributed by atoms with E-state index < -0.39 is 0 Å². The van der Waals surface area contributed by atoms with E-state index in [1.54, 1.807) is 12.4 Å². The highest BCUT2D eigenvalue weighted by Crippen LogP contribution is 2.06. The fraction of sp³-hybridized carbons (Fsp3) is 0.538. The summed E-state index contributed by atoms with van der Waals surface area (Å²) in [5.74, 6) is -0.108. The molecular weight excluding hydrogens is 216 g/mol. The summed E-state index contributed by atoms with van der Waals surface area (Å²) in [5, 5.41) is 2.81. The van der Waals surface area contributed by atoms with Crippen molar-refractivity contribution < 1.29 is 9.53 Å². The third-order valence-corrected chi connectivity index (χ3v) is 2.26. The van der Waals surface area contributed by atoms with Gasteiger partial charge in [-0.05, 0) is 44.9 Å². The number of nitrogens with zero attached hydrogens (tertiary/aromatic N) is 1. The average molecular weight is 236 g/mol. The van der Waals surface area contributed by atoms with Gasteiger partial charge in [0.25, 0.3) is 0 Å². The second kappa shape index (κ2) is 5.77. The Morgan fingerprint density at radius 3 is 2.76 bits per heavy atom. The number of aryl methyl sites for hydroxylation is 1. The van der Waals surface area contributed by atoms with Gasteiger partial charge in [0.2, 0.25) is 5.91 Å². The molecule has 0 atom stereocenters. The number of carbonyl (C=O) groups excluding carboxylic acids is 1. The van der Waals surface area contributed by atoms with E-state index in [1.165, 1.54) is 0 Å². The molecule has 0 bridgehead atoms. The van der Waals surface area contributed by atoms with Crippen molar-refractivity contribution in [2.75, 3.05) is 6.61 Å². The van der Waals surface area contributed by atoms with E-state index in [9.17, 15) is 4.79 Å². The number of carbonyl (C=O) groups is 1. The minimum Gasteiger partial charge on any atom is -0.366 e. The van der Waals surface area contributed by atoms with Crippen LogP contribution in [0.5, 0.6) is 0 Å². The molecule has 0 spiro atoms. The lowest BCUT2D eigenvalue weighted by molar-refractivity contribution is -0.130. The topological polar surface area (TPSA) is 51.2 Å².